The van der Waals surface area contributed by atoms with Crippen LogP contribution in [0.4, 0.5) is 4.79 Å². The molecule has 1 aliphatic heterocycles. The summed E-state index contributed by atoms with van der Waals surface area (Å²) in [6.07, 6.45) is 0.723. The Kier molecular flexibility index (Phi) is 7.50. The number of ether oxygens (including phenoxy) is 1. The minimum absolute atomic E-state index is 0.0655. The lowest BCUT2D eigenvalue weighted by molar-refractivity contribution is -0.131. The number of amides is 2. The maximum Gasteiger partial charge on any atom is 0.337 e. The molecule has 1 unspecified atom stereocenters. The zero-order valence-corrected chi connectivity index (χ0v) is 18.8. The average Bonchev–Trinajstić information content (AvgIpc) is 3.06. The van der Waals surface area contributed by atoms with Crippen molar-refractivity contribution in [2.45, 2.75) is 32.9 Å². The second kappa shape index (κ2) is 10.1. The van der Waals surface area contributed by atoms with Crippen molar-refractivity contribution in [1.82, 2.24) is 24.3 Å². The molecule has 31 heavy (non-hydrogen) atoms. The van der Waals surface area contributed by atoms with Crippen LogP contribution in [0.2, 0.25) is 0 Å². The van der Waals surface area contributed by atoms with Gasteiger partial charge in [-0.05, 0) is 18.1 Å². The maximum absolute atomic E-state index is 13.3. The standard InChI is InChI=1S/C22H33N5O4/c1-5-16(2)19(20(28)24(3)4)23-21(29)27-18-9-7-6-8-17(18)26(22(27)30)11-10-25-12-14-31-15-13-25/h6-9,16,19H,5,10-15H2,1-4H3,(H,23,29)/t16-,19?/m0/s1. The highest BCUT2D eigenvalue weighted by Gasteiger charge is 2.29. The molecule has 3 rings (SSSR count). The van der Waals surface area contributed by atoms with Crippen molar-refractivity contribution >= 4 is 23.0 Å². The molecule has 2 aromatic rings. The van der Waals surface area contributed by atoms with E-state index in [1.807, 2.05) is 26.0 Å². The summed E-state index contributed by atoms with van der Waals surface area (Å²) in [7, 11) is 3.32. The van der Waals surface area contributed by atoms with Crippen molar-refractivity contribution in [2.24, 2.45) is 5.92 Å². The van der Waals surface area contributed by atoms with Crippen molar-refractivity contribution in [3.8, 4) is 0 Å². The number of morpholine rings is 1. The van der Waals surface area contributed by atoms with E-state index in [1.54, 1.807) is 30.8 Å². The molecule has 0 radical (unpaired) electrons. The van der Waals surface area contributed by atoms with Crippen molar-refractivity contribution < 1.29 is 14.3 Å². The lowest BCUT2D eigenvalue weighted by atomic mass is 9.98. The van der Waals surface area contributed by atoms with Gasteiger partial charge in [-0.3, -0.25) is 14.3 Å². The van der Waals surface area contributed by atoms with Crippen LogP contribution in [0.15, 0.2) is 29.1 Å². The number of hydrogen-bond donors (Lipinski definition) is 1. The van der Waals surface area contributed by atoms with E-state index in [0.29, 0.717) is 37.3 Å². The third-order valence-corrected chi connectivity index (χ3v) is 5.98. The molecular weight excluding hydrogens is 398 g/mol. The molecule has 1 fully saturated rings. The topological polar surface area (TPSA) is 88.8 Å². The summed E-state index contributed by atoms with van der Waals surface area (Å²) in [5, 5.41) is 2.81. The molecule has 0 bridgehead atoms. The van der Waals surface area contributed by atoms with Crippen LogP contribution in [0.3, 0.4) is 0 Å². The lowest BCUT2D eigenvalue weighted by Gasteiger charge is -2.26. The van der Waals surface area contributed by atoms with Gasteiger partial charge >= 0.3 is 11.7 Å². The highest BCUT2D eigenvalue weighted by Crippen LogP contribution is 2.15. The van der Waals surface area contributed by atoms with Gasteiger partial charge in [0, 0.05) is 40.3 Å². The number of benzene rings is 1. The molecule has 1 aromatic heterocycles. The number of fused-ring (bicyclic) bond motifs is 1. The van der Waals surface area contributed by atoms with Gasteiger partial charge in [0.15, 0.2) is 0 Å². The van der Waals surface area contributed by atoms with Crippen LogP contribution in [0.5, 0.6) is 0 Å². The van der Waals surface area contributed by atoms with Gasteiger partial charge in [-0.1, -0.05) is 32.4 Å². The summed E-state index contributed by atoms with van der Waals surface area (Å²) in [4.78, 5) is 42.8. The van der Waals surface area contributed by atoms with Crippen LogP contribution in [0.1, 0.15) is 20.3 Å². The fourth-order valence-corrected chi connectivity index (χ4v) is 3.85. The molecular formula is C22H33N5O4. The summed E-state index contributed by atoms with van der Waals surface area (Å²) < 4.78 is 8.17. The first-order valence-corrected chi connectivity index (χ1v) is 10.9. The third kappa shape index (κ3) is 4.99. The smallest absolute Gasteiger partial charge is 0.337 e. The zero-order valence-electron chi connectivity index (χ0n) is 18.8. The first-order valence-electron chi connectivity index (χ1n) is 10.9. The van der Waals surface area contributed by atoms with Crippen molar-refractivity contribution in [2.75, 3.05) is 46.9 Å². The molecule has 1 N–H and O–H groups in total. The number of para-hydroxylation sites is 2. The molecule has 0 spiro atoms. The molecule has 9 heteroatoms. The molecule has 0 aliphatic carbocycles. The van der Waals surface area contributed by atoms with Crippen LogP contribution >= 0.6 is 0 Å². The molecule has 2 amide bonds. The molecule has 170 valence electrons. The Labute approximate surface area is 182 Å². The fraction of sp³-hybridized carbons (Fsp3) is 0.591. The number of carbonyl (C=O) groups excluding carboxylic acids is 2. The Morgan fingerprint density at radius 1 is 1.13 bits per heavy atom. The predicted molar refractivity (Wildman–Crippen MR) is 119 cm³/mol. The molecule has 1 aliphatic rings. The summed E-state index contributed by atoms with van der Waals surface area (Å²) in [5.74, 6) is -0.254. The van der Waals surface area contributed by atoms with Gasteiger partial charge in [-0.25, -0.2) is 14.2 Å². The number of carbonyl (C=O) groups is 2. The number of aromatic nitrogens is 2. The molecule has 1 saturated heterocycles. The van der Waals surface area contributed by atoms with Crippen molar-refractivity contribution in [3.63, 3.8) is 0 Å². The summed E-state index contributed by atoms with van der Waals surface area (Å²) in [6.45, 7) is 8.11. The second-order valence-corrected chi connectivity index (χ2v) is 8.26. The first-order chi connectivity index (χ1) is 14.8. The Hall–Kier alpha value is -2.65. The first kappa shape index (κ1) is 23.0. The monoisotopic (exact) mass is 431 g/mol. The summed E-state index contributed by atoms with van der Waals surface area (Å²) >= 11 is 0. The minimum Gasteiger partial charge on any atom is -0.379 e. The average molecular weight is 432 g/mol. The highest BCUT2D eigenvalue weighted by molar-refractivity contribution is 5.92. The van der Waals surface area contributed by atoms with E-state index in [-0.39, 0.29) is 11.8 Å². The van der Waals surface area contributed by atoms with Gasteiger partial charge in [0.2, 0.25) is 5.91 Å². The minimum atomic E-state index is -0.699. The zero-order chi connectivity index (χ0) is 22.5. The van der Waals surface area contributed by atoms with E-state index in [1.165, 1.54) is 4.90 Å². The van der Waals surface area contributed by atoms with Gasteiger partial charge in [-0.15, -0.1) is 0 Å². The Balaban J connectivity index is 1.90. The van der Waals surface area contributed by atoms with Gasteiger partial charge in [0.1, 0.15) is 6.04 Å². The number of nitrogens with one attached hydrogen (secondary N) is 1. The normalized spacial score (nSPS) is 16.8. The van der Waals surface area contributed by atoms with Gasteiger partial charge < -0.3 is 15.0 Å². The van der Waals surface area contributed by atoms with E-state index in [4.69, 9.17) is 4.74 Å². The largest absolute Gasteiger partial charge is 0.379 e. The predicted octanol–water partition coefficient (Wildman–Crippen LogP) is 1.20. The number of nitrogens with zero attached hydrogens (tertiary/aromatic N) is 4. The number of rotatable bonds is 7. The number of likely N-dealkylation sites (N-methyl/N-ethyl adjacent to an activating group) is 1. The van der Waals surface area contributed by atoms with E-state index in [2.05, 4.69) is 10.2 Å². The van der Waals surface area contributed by atoms with E-state index >= 15 is 0 Å². The Bertz CT molecular complexity index is 974. The number of hydrogen-bond acceptors (Lipinski definition) is 5. The number of imidazole rings is 1. The van der Waals surface area contributed by atoms with E-state index in [0.717, 1.165) is 24.1 Å². The van der Waals surface area contributed by atoms with Gasteiger partial charge in [-0.2, -0.15) is 0 Å². The maximum atomic E-state index is 13.3. The summed E-state index contributed by atoms with van der Waals surface area (Å²) in [5.41, 5.74) is 0.842. The fourth-order valence-electron chi connectivity index (χ4n) is 3.85. The van der Waals surface area contributed by atoms with E-state index < -0.39 is 17.8 Å². The van der Waals surface area contributed by atoms with Gasteiger partial charge in [0.05, 0.1) is 24.2 Å². The third-order valence-electron chi connectivity index (χ3n) is 5.98. The van der Waals surface area contributed by atoms with Gasteiger partial charge in [0.25, 0.3) is 0 Å². The SMILES string of the molecule is CC[C@H](C)C(NC(=O)n1c(=O)n(CCN2CCOCC2)c2ccccc21)C(=O)N(C)C. The molecule has 1 aromatic carbocycles. The van der Waals surface area contributed by atoms with E-state index in [9.17, 15) is 14.4 Å². The quantitative estimate of drug-likeness (QED) is 0.712. The van der Waals surface area contributed by atoms with Crippen LogP contribution in [0.25, 0.3) is 11.0 Å². The van der Waals surface area contributed by atoms with Crippen LogP contribution in [-0.4, -0.2) is 83.9 Å². The molecule has 2 heterocycles. The summed E-state index contributed by atoms with van der Waals surface area (Å²) in [6, 6.07) is 5.98. The Morgan fingerprint density at radius 2 is 1.77 bits per heavy atom. The highest BCUT2D eigenvalue weighted by atomic mass is 16.5. The van der Waals surface area contributed by atoms with Crippen LogP contribution < -0.4 is 11.0 Å². The van der Waals surface area contributed by atoms with Crippen molar-refractivity contribution in [1.29, 1.82) is 0 Å². The lowest BCUT2D eigenvalue weighted by Crippen LogP contribution is -2.52. The molecule has 0 saturated carbocycles. The van der Waals surface area contributed by atoms with Crippen LogP contribution in [0, 0.1) is 5.92 Å². The Morgan fingerprint density at radius 3 is 2.39 bits per heavy atom. The molecule has 2 atom stereocenters. The molecule has 9 nitrogen and oxygen atoms in total. The van der Waals surface area contributed by atoms with Crippen molar-refractivity contribution in [3.05, 3.63) is 34.7 Å². The second-order valence-electron chi connectivity index (χ2n) is 8.26. The van der Waals surface area contributed by atoms with Crippen LogP contribution in [-0.2, 0) is 16.1 Å².